The summed E-state index contributed by atoms with van der Waals surface area (Å²) in [6.45, 7) is 2.80. The molecule has 2 heterocycles. The van der Waals surface area contributed by atoms with Gasteiger partial charge in [0.1, 0.15) is 0 Å². The molecule has 0 saturated heterocycles. The first-order valence-electron chi connectivity index (χ1n) is 6.67. The summed E-state index contributed by atoms with van der Waals surface area (Å²) in [5.74, 6) is 0. The molecule has 3 rings (SSSR count). The zero-order valence-corrected chi connectivity index (χ0v) is 13.2. The topological polar surface area (TPSA) is 53.6 Å². The van der Waals surface area contributed by atoms with E-state index in [0.29, 0.717) is 6.54 Å². The third kappa shape index (κ3) is 3.13. The number of pyridine rings is 1. The molecule has 2 aromatic heterocycles. The Balaban J connectivity index is 1.81. The molecule has 0 radical (unpaired) electrons. The second-order valence-electron chi connectivity index (χ2n) is 4.82. The molecule has 0 amide bonds. The Morgan fingerprint density at radius 2 is 2.14 bits per heavy atom. The van der Waals surface area contributed by atoms with E-state index in [1.165, 1.54) is 5.56 Å². The van der Waals surface area contributed by atoms with Crippen LogP contribution in [0.1, 0.15) is 11.1 Å². The molecule has 0 saturated carbocycles. The maximum atomic E-state index is 4.15. The first kappa shape index (κ1) is 13.8. The molecule has 21 heavy (non-hydrogen) atoms. The van der Waals surface area contributed by atoms with Crippen LogP contribution < -0.4 is 5.32 Å². The Labute approximate surface area is 131 Å². The molecule has 0 aliphatic heterocycles. The fourth-order valence-electron chi connectivity index (χ4n) is 2.18. The fraction of sp³-hybridized carbons (Fsp3) is 0.125. The van der Waals surface area contributed by atoms with Crippen LogP contribution in [-0.2, 0) is 6.54 Å². The second kappa shape index (κ2) is 6.10. The molecule has 1 aromatic carbocycles. The molecule has 3 aromatic rings. The maximum Gasteiger partial charge on any atom is 0.0715 e. The van der Waals surface area contributed by atoms with Crippen LogP contribution in [0.15, 0.2) is 53.4 Å². The normalized spacial score (nSPS) is 10.6. The summed E-state index contributed by atoms with van der Waals surface area (Å²) in [6.07, 6.45) is 5.45. The highest BCUT2D eigenvalue weighted by Crippen LogP contribution is 2.24. The molecule has 0 bridgehead atoms. The first-order valence-corrected chi connectivity index (χ1v) is 7.46. The Morgan fingerprint density at radius 1 is 1.24 bits per heavy atom. The van der Waals surface area contributed by atoms with Crippen LogP contribution in [0.25, 0.3) is 11.3 Å². The van der Waals surface area contributed by atoms with Crippen LogP contribution in [-0.4, -0.2) is 15.2 Å². The van der Waals surface area contributed by atoms with Crippen molar-refractivity contribution in [2.45, 2.75) is 13.5 Å². The van der Waals surface area contributed by atoms with Crippen molar-refractivity contribution < 1.29 is 0 Å². The fourth-order valence-corrected chi connectivity index (χ4v) is 2.54. The van der Waals surface area contributed by atoms with Crippen molar-refractivity contribution in [3.05, 3.63) is 64.5 Å². The van der Waals surface area contributed by atoms with Gasteiger partial charge in [0.25, 0.3) is 0 Å². The number of H-pyrrole nitrogens is 1. The van der Waals surface area contributed by atoms with Gasteiger partial charge in [-0.05, 0) is 36.8 Å². The van der Waals surface area contributed by atoms with E-state index in [-0.39, 0.29) is 0 Å². The smallest absolute Gasteiger partial charge is 0.0715 e. The van der Waals surface area contributed by atoms with Crippen LogP contribution in [0.4, 0.5) is 5.69 Å². The molecule has 0 aliphatic rings. The number of nitrogens with one attached hydrogen (secondary N) is 2. The predicted molar refractivity (Wildman–Crippen MR) is 88.0 cm³/mol. The number of aromatic amines is 1. The minimum absolute atomic E-state index is 0.706. The lowest BCUT2D eigenvalue weighted by Crippen LogP contribution is -2.01. The summed E-state index contributed by atoms with van der Waals surface area (Å²) >= 11 is 3.50. The van der Waals surface area contributed by atoms with Crippen molar-refractivity contribution >= 4 is 21.6 Å². The highest BCUT2D eigenvalue weighted by Gasteiger charge is 2.08. The number of rotatable bonds is 4. The zero-order chi connectivity index (χ0) is 14.7. The van der Waals surface area contributed by atoms with E-state index < -0.39 is 0 Å². The SMILES string of the molecule is Cc1ccc(Br)cc1NCc1cn[nH]c1-c1cccnc1. The summed E-state index contributed by atoms with van der Waals surface area (Å²) in [5.41, 5.74) is 5.48. The number of halogens is 1. The van der Waals surface area contributed by atoms with Crippen LogP contribution in [0.5, 0.6) is 0 Å². The van der Waals surface area contributed by atoms with E-state index in [9.17, 15) is 0 Å². The van der Waals surface area contributed by atoms with E-state index in [0.717, 1.165) is 27.0 Å². The third-order valence-corrected chi connectivity index (χ3v) is 3.83. The molecule has 4 nitrogen and oxygen atoms in total. The van der Waals surface area contributed by atoms with E-state index in [1.807, 2.05) is 30.6 Å². The van der Waals surface area contributed by atoms with Crippen LogP contribution in [0.3, 0.4) is 0 Å². The lowest BCUT2D eigenvalue weighted by molar-refractivity contribution is 1.09. The number of benzene rings is 1. The van der Waals surface area contributed by atoms with Crippen LogP contribution in [0, 0.1) is 6.92 Å². The van der Waals surface area contributed by atoms with Gasteiger partial charge in [0.05, 0.1) is 11.9 Å². The van der Waals surface area contributed by atoms with E-state index in [1.54, 1.807) is 6.20 Å². The Bertz CT molecular complexity index is 737. The minimum atomic E-state index is 0.706. The first-order chi connectivity index (χ1) is 10.2. The highest BCUT2D eigenvalue weighted by atomic mass is 79.9. The minimum Gasteiger partial charge on any atom is -0.381 e. The Morgan fingerprint density at radius 3 is 2.95 bits per heavy atom. The molecule has 0 fully saturated rings. The van der Waals surface area contributed by atoms with Gasteiger partial charge < -0.3 is 5.32 Å². The second-order valence-corrected chi connectivity index (χ2v) is 5.74. The number of anilines is 1. The van der Waals surface area contributed by atoms with Gasteiger partial charge in [-0.2, -0.15) is 5.10 Å². The van der Waals surface area contributed by atoms with Crippen molar-refractivity contribution in [1.29, 1.82) is 0 Å². The summed E-state index contributed by atoms with van der Waals surface area (Å²) < 4.78 is 1.07. The van der Waals surface area contributed by atoms with E-state index in [4.69, 9.17) is 0 Å². The van der Waals surface area contributed by atoms with Crippen LogP contribution >= 0.6 is 15.9 Å². The highest BCUT2D eigenvalue weighted by molar-refractivity contribution is 9.10. The number of hydrogen-bond donors (Lipinski definition) is 2. The summed E-state index contributed by atoms with van der Waals surface area (Å²) in [4.78, 5) is 4.15. The van der Waals surface area contributed by atoms with Crippen molar-refractivity contribution in [1.82, 2.24) is 15.2 Å². The Kier molecular flexibility index (Phi) is 4.01. The van der Waals surface area contributed by atoms with E-state index in [2.05, 4.69) is 55.5 Å². The van der Waals surface area contributed by atoms with Gasteiger partial charge in [0, 0.05) is 40.2 Å². The average Bonchev–Trinajstić information content (AvgIpc) is 2.97. The lowest BCUT2D eigenvalue weighted by atomic mass is 10.1. The van der Waals surface area contributed by atoms with Gasteiger partial charge in [-0.1, -0.05) is 22.0 Å². The molecule has 2 N–H and O–H groups in total. The lowest BCUT2D eigenvalue weighted by Gasteiger charge is -2.10. The molecule has 106 valence electrons. The largest absolute Gasteiger partial charge is 0.381 e. The quantitative estimate of drug-likeness (QED) is 0.748. The molecule has 0 atom stereocenters. The van der Waals surface area contributed by atoms with Gasteiger partial charge in [0.15, 0.2) is 0 Å². The Hall–Kier alpha value is -2.14. The molecule has 0 spiro atoms. The van der Waals surface area contributed by atoms with Gasteiger partial charge in [-0.15, -0.1) is 0 Å². The molecular formula is C16H15BrN4. The van der Waals surface area contributed by atoms with Crippen molar-refractivity contribution in [2.24, 2.45) is 0 Å². The zero-order valence-electron chi connectivity index (χ0n) is 11.6. The number of aromatic nitrogens is 3. The monoisotopic (exact) mass is 342 g/mol. The third-order valence-electron chi connectivity index (χ3n) is 3.34. The van der Waals surface area contributed by atoms with Crippen molar-refractivity contribution in [3.63, 3.8) is 0 Å². The van der Waals surface area contributed by atoms with E-state index >= 15 is 0 Å². The molecule has 0 unspecified atom stereocenters. The summed E-state index contributed by atoms with van der Waals surface area (Å²) in [5, 5.41) is 10.6. The van der Waals surface area contributed by atoms with Gasteiger partial charge in [-0.3, -0.25) is 10.1 Å². The standard InChI is InChI=1S/C16H15BrN4/c1-11-4-5-14(17)7-15(11)19-9-13-10-20-21-16(13)12-3-2-6-18-8-12/h2-8,10,19H,9H2,1H3,(H,20,21). The number of aryl methyl sites for hydroxylation is 1. The number of hydrogen-bond acceptors (Lipinski definition) is 3. The average molecular weight is 343 g/mol. The van der Waals surface area contributed by atoms with Crippen molar-refractivity contribution in [2.75, 3.05) is 5.32 Å². The van der Waals surface area contributed by atoms with Gasteiger partial charge in [-0.25, -0.2) is 0 Å². The predicted octanol–water partition coefficient (Wildman–Crippen LogP) is 4.15. The molecule has 5 heteroatoms. The summed E-state index contributed by atoms with van der Waals surface area (Å²) in [7, 11) is 0. The van der Waals surface area contributed by atoms with Crippen molar-refractivity contribution in [3.8, 4) is 11.3 Å². The summed E-state index contributed by atoms with van der Waals surface area (Å²) in [6, 6.07) is 10.2. The van der Waals surface area contributed by atoms with Gasteiger partial charge >= 0.3 is 0 Å². The van der Waals surface area contributed by atoms with Gasteiger partial charge in [0.2, 0.25) is 0 Å². The van der Waals surface area contributed by atoms with Crippen LogP contribution in [0.2, 0.25) is 0 Å². The molecular weight excluding hydrogens is 328 g/mol. The number of nitrogens with zero attached hydrogens (tertiary/aromatic N) is 2. The molecule has 0 aliphatic carbocycles. The maximum absolute atomic E-state index is 4.15.